The summed E-state index contributed by atoms with van der Waals surface area (Å²) in [6, 6.07) is 7.84. The third kappa shape index (κ3) is 3.36. The van der Waals surface area contributed by atoms with Crippen molar-refractivity contribution in [3.63, 3.8) is 0 Å². The molecule has 18 heavy (non-hydrogen) atoms. The van der Waals surface area contributed by atoms with Crippen molar-refractivity contribution in [2.75, 3.05) is 13.6 Å². The van der Waals surface area contributed by atoms with E-state index >= 15 is 0 Å². The Morgan fingerprint density at radius 2 is 2.22 bits per heavy atom. The minimum Gasteiger partial charge on any atom is -0.453 e. The summed E-state index contributed by atoms with van der Waals surface area (Å²) in [7, 11) is 2.03. The van der Waals surface area contributed by atoms with Gasteiger partial charge < -0.3 is 10.2 Å². The summed E-state index contributed by atoms with van der Waals surface area (Å²) in [5, 5.41) is 0. The molecule has 0 amide bonds. The molecule has 0 aromatic carbocycles. The maximum absolute atomic E-state index is 5.93. The highest BCUT2D eigenvalue weighted by Gasteiger charge is 2.19. The quantitative estimate of drug-likeness (QED) is 0.890. The first-order chi connectivity index (χ1) is 8.60. The summed E-state index contributed by atoms with van der Waals surface area (Å²) in [6.45, 7) is 1.31. The predicted octanol–water partition coefficient (Wildman–Crippen LogP) is 3.89. The molecule has 6 heteroatoms. The zero-order valence-electron chi connectivity index (χ0n) is 9.90. The first kappa shape index (κ1) is 14.1. The van der Waals surface area contributed by atoms with Gasteiger partial charge in [-0.25, -0.2) is 0 Å². The molecule has 1 atom stereocenters. The van der Waals surface area contributed by atoms with Crippen LogP contribution in [0, 0.1) is 0 Å². The Morgan fingerprint density at radius 1 is 1.44 bits per heavy atom. The lowest BCUT2D eigenvalue weighted by molar-refractivity contribution is 0.213. The summed E-state index contributed by atoms with van der Waals surface area (Å²) in [5.41, 5.74) is 5.83. The Labute approximate surface area is 124 Å². The molecule has 0 spiro atoms. The number of hydrogen-bond donors (Lipinski definition) is 1. The van der Waals surface area contributed by atoms with Crippen molar-refractivity contribution in [2.24, 2.45) is 5.73 Å². The van der Waals surface area contributed by atoms with E-state index in [4.69, 9.17) is 21.8 Å². The van der Waals surface area contributed by atoms with E-state index in [-0.39, 0.29) is 6.04 Å². The lowest BCUT2D eigenvalue weighted by Crippen LogP contribution is -2.29. The van der Waals surface area contributed by atoms with Crippen LogP contribution in [0.15, 0.2) is 33.4 Å². The fourth-order valence-electron chi connectivity index (χ4n) is 1.81. The first-order valence-corrected chi connectivity index (χ1v) is 7.48. The van der Waals surface area contributed by atoms with Crippen LogP contribution in [0.5, 0.6) is 0 Å². The molecule has 2 heterocycles. The molecule has 98 valence electrons. The Balaban J connectivity index is 2.08. The summed E-state index contributed by atoms with van der Waals surface area (Å²) in [4.78, 5) is 3.37. The molecular formula is C12H14BrClN2OS. The second kappa shape index (κ2) is 6.21. The van der Waals surface area contributed by atoms with Gasteiger partial charge in [0.1, 0.15) is 5.76 Å². The smallest absolute Gasteiger partial charge is 0.169 e. The molecule has 2 rings (SSSR count). The highest BCUT2D eigenvalue weighted by atomic mass is 79.9. The van der Waals surface area contributed by atoms with Crippen LogP contribution in [0.25, 0.3) is 0 Å². The van der Waals surface area contributed by atoms with Gasteiger partial charge in [-0.2, -0.15) is 0 Å². The summed E-state index contributed by atoms with van der Waals surface area (Å²) in [5.74, 6) is 0.870. The maximum atomic E-state index is 5.93. The molecular weight excluding hydrogens is 336 g/mol. The van der Waals surface area contributed by atoms with Crippen molar-refractivity contribution in [1.29, 1.82) is 0 Å². The Kier molecular flexibility index (Phi) is 4.86. The molecule has 0 saturated heterocycles. The highest BCUT2D eigenvalue weighted by molar-refractivity contribution is 9.10. The number of halogens is 2. The number of nitrogens with zero attached hydrogens (tertiary/aromatic N) is 1. The van der Waals surface area contributed by atoms with Gasteiger partial charge in [-0.3, -0.25) is 4.90 Å². The largest absolute Gasteiger partial charge is 0.453 e. The standard InChI is InChI=1S/C12H14BrClN2OS/c1-16(7-8-2-5-12(14)18-8)9(6-15)10-3-4-11(13)17-10/h2-5,9H,6-7,15H2,1H3. The summed E-state index contributed by atoms with van der Waals surface area (Å²) >= 11 is 10.8. The van der Waals surface area contributed by atoms with Gasteiger partial charge in [0, 0.05) is 18.0 Å². The van der Waals surface area contributed by atoms with Crippen molar-refractivity contribution in [3.05, 3.63) is 43.9 Å². The van der Waals surface area contributed by atoms with E-state index < -0.39 is 0 Å². The van der Waals surface area contributed by atoms with Crippen LogP contribution in [-0.4, -0.2) is 18.5 Å². The third-order valence-electron chi connectivity index (χ3n) is 2.71. The lowest BCUT2D eigenvalue weighted by Gasteiger charge is -2.24. The molecule has 0 aliphatic rings. The minimum absolute atomic E-state index is 0.0668. The van der Waals surface area contributed by atoms with Crippen LogP contribution in [0.3, 0.4) is 0 Å². The van der Waals surface area contributed by atoms with E-state index in [0.717, 1.165) is 21.3 Å². The zero-order chi connectivity index (χ0) is 13.1. The van der Waals surface area contributed by atoms with Gasteiger partial charge in [-0.15, -0.1) is 11.3 Å². The normalized spacial score (nSPS) is 13.2. The van der Waals surface area contributed by atoms with Gasteiger partial charge in [-0.05, 0) is 47.2 Å². The topological polar surface area (TPSA) is 42.4 Å². The van der Waals surface area contributed by atoms with Gasteiger partial charge in [-0.1, -0.05) is 11.6 Å². The van der Waals surface area contributed by atoms with Crippen LogP contribution in [0.2, 0.25) is 4.34 Å². The van der Waals surface area contributed by atoms with Gasteiger partial charge >= 0.3 is 0 Å². The van der Waals surface area contributed by atoms with Gasteiger partial charge in [0.2, 0.25) is 0 Å². The number of nitrogens with two attached hydrogens (primary N) is 1. The monoisotopic (exact) mass is 348 g/mol. The van der Waals surface area contributed by atoms with Crippen molar-refractivity contribution in [1.82, 2.24) is 4.90 Å². The molecule has 0 aliphatic carbocycles. The molecule has 0 fully saturated rings. The summed E-state index contributed by atoms with van der Waals surface area (Å²) in [6.07, 6.45) is 0. The maximum Gasteiger partial charge on any atom is 0.169 e. The van der Waals surface area contributed by atoms with Crippen LogP contribution in [-0.2, 0) is 6.54 Å². The van der Waals surface area contributed by atoms with Gasteiger partial charge in [0.25, 0.3) is 0 Å². The average molecular weight is 350 g/mol. The Morgan fingerprint density at radius 3 is 2.72 bits per heavy atom. The zero-order valence-corrected chi connectivity index (χ0v) is 13.1. The van der Waals surface area contributed by atoms with Crippen molar-refractivity contribution in [3.8, 4) is 0 Å². The molecule has 0 bridgehead atoms. The summed E-state index contributed by atoms with van der Waals surface area (Å²) < 4.78 is 7.11. The molecule has 2 N–H and O–H groups in total. The molecule has 2 aromatic rings. The number of thiophene rings is 1. The van der Waals surface area contributed by atoms with Crippen molar-refractivity contribution in [2.45, 2.75) is 12.6 Å². The van der Waals surface area contributed by atoms with Crippen LogP contribution >= 0.6 is 38.9 Å². The van der Waals surface area contributed by atoms with Crippen LogP contribution < -0.4 is 5.73 Å². The van der Waals surface area contributed by atoms with E-state index in [2.05, 4.69) is 20.8 Å². The van der Waals surface area contributed by atoms with E-state index in [0.29, 0.717) is 6.54 Å². The molecule has 2 aromatic heterocycles. The fourth-order valence-corrected chi connectivity index (χ4v) is 3.28. The molecule has 0 aliphatic heterocycles. The van der Waals surface area contributed by atoms with E-state index in [1.165, 1.54) is 4.88 Å². The Hall–Kier alpha value is -0.330. The second-order valence-electron chi connectivity index (χ2n) is 4.01. The van der Waals surface area contributed by atoms with Gasteiger partial charge in [0.05, 0.1) is 10.4 Å². The third-order valence-corrected chi connectivity index (χ3v) is 4.35. The average Bonchev–Trinajstić information content (AvgIpc) is 2.89. The molecule has 1 unspecified atom stereocenters. The second-order valence-corrected chi connectivity index (χ2v) is 6.60. The van der Waals surface area contributed by atoms with Crippen molar-refractivity contribution < 1.29 is 4.42 Å². The number of likely N-dealkylation sites (N-methyl/N-ethyl adjacent to an activating group) is 1. The number of furan rings is 1. The number of hydrogen-bond acceptors (Lipinski definition) is 4. The lowest BCUT2D eigenvalue weighted by atomic mass is 10.2. The SMILES string of the molecule is CN(Cc1ccc(Cl)s1)C(CN)c1ccc(Br)o1. The van der Waals surface area contributed by atoms with Crippen molar-refractivity contribution >= 4 is 38.9 Å². The Bertz CT molecular complexity index is 514. The van der Waals surface area contributed by atoms with Gasteiger partial charge in [0.15, 0.2) is 4.67 Å². The molecule has 0 radical (unpaired) electrons. The predicted molar refractivity (Wildman–Crippen MR) is 79.0 cm³/mol. The first-order valence-electron chi connectivity index (χ1n) is 5.50. The van der Waals surface area contributed by atoms with Crippen LogP contribution in [0.1, 0.15) is 16.7 Å². The molecule has 0 saturated carbocycles. The van der Waals surface area contributed by atoms with E-state index in [9.17, 15) is 0 Å². The number of rotatable bonds is 5. The fraction of sp³-hybridized carbons (Fsp3) is 0.333. The highest BCUT2D eigenvalue weighted by Crippen LogP contribution is 2.27. The molecule has 3 nitrogen and oxygen atoms in total. The minimum atomic E-state index is 0.0668. The van der Waals surface area contributed by atoms with E-state index in [1.54, 1.807) is 11.3 Å². The van der Waals surface area contributed by atoms with E-state index in [1.807, 2.05) is 31.3 Å². The van der Waals surface area contributed by atoms with Crippen LogP contribution in [0.4, 0.5) is 0 Å².